The van der Waals surface area contributed by atoms with Gasteiger partial charge in [-0.15, -0.1) is 0 Å². The van der Waals surface area contributed by atoms with Gasteiger partial charge in [-0.2, -0.15) is 5.26 Å². The molecule has 2 amide bonds. The van der Waals surface area contributed by atoms with Crippen molar-refractivity contribution in [2.45, 2.75) is 17.7 Å². The molecule has 2 aromatic rings. The average Bonchev–Trinajstić information content (AvgIpc) is 3.06. The number of para-hydroxylation sites is 1. The predicted molar refractivity (Wildman–Crippen MR) is 115 cm³/mol. The van der Waals surface area contributed by atoms with E-state index in [2.05, 4.69) is 15.6 Å². The largest absolute Gasteiger partial charge is 0.490 e. The van der Waals surface area contributed by atoms with Crippen LogP contribution < -0.4 is 29.8 Å². The molecule has 0 unspecified atom stereocenters. The Bertz CT molecular complexity index is 1160. The van der Waals surface area contributed by atoms with E-state index in [-0.39, 0.29) is 29.2 Å². The average molecular weight is 474 g/mol. The monoisotopic (exact) mass is 474 g/mol. The second-order valence-electron chi connectivity index (χ2n) is 6.80. The van der Waals surface area contributed by atoms with E-state index in [1.165, 1.54) is 18.2 Å². The summed E-state index contributed by atoms with van der Waals surface area (Å²) in [5.41, 5.74) is 4.60. The van der Waals surface area contributed by atoms with Crippen LogP contribution in [0.25, 0.3) is 0 Å². The first kappa shape index (κ1) is 23.8. The standard InChI is InChI=1S/C21H22N4O7S/c22-13-15-4-1-2-5-17(15)32-14-21(27)25-24-20(26)8-9-23-33(28,29)16-6-7-18-19(12-16)31-11-3-10-30-18/h1-2,4-7,12,23H,3,8-11,14H2,(H,24,26)(H,25,27). The van der Waals surface area contributed by atoms with Crippen LogP contribution >= 0.6 is 0 Å². The van der Waals surface area contributed by atoms with Gasteiger partial charge in [0.1, 0.15) is 11.8 Å². The van der Waals surface area contributed by atoms with Crippen LogP contribution in [0.3, 0.4) is 0 Å². The maximum atomic E-state index is 12.5. The first-order valence-corrected chi connectivity index (χ1v) is 11.5. The Hall–Kier alpha value is -3.82. The number of sulfonamides is 1. The smallest absolute Gasteiger partial charge is 0.276 e. The predicted octanol–water partition coefficient (Wildman–Crippen LogP) is 0.614. The zero-order chi connectivity index (χ0) is 23.7. The van der Waals surface area contributed by atoms with Crippen LogP contribution in [0.15, 0.2) is 47.4 Å². The zero-order valence-corrected chi connectivity index (χ0v) is 18.3. The number of nitriles is 1. The quantitative estimate of drug-likeness (QED) is 0.470. The molecular weight excluding hydrogens is 452 g/mol. The molecule has 1 aliphatic rings. The number of hydrazine groups is 1. The third kappa shape index (κ3) is 6.83. The number of ether oxygens (including phenoxy) is 3. The van der Waals surface area contributed by atoms with Crippen LogP contribution in [0.1, 0.15) is 18.4 Å². The summed E-state index contributed by atoms with van der Waals surface area (Å²) in [4.78, 5) is 23.7. The number of benzene rings is 2. The molecule has 3 rings (SSSR count). The van der Waals surface area contributed by atoms with Gasteiger partial charge in [0, 0.05) is 25.5 Å². The lowest BCUT2D eigenvalue weighted by atomic mass is 10.2. The topological polar surface area (TPSA) is 156 Å². The summed E-state index contributed by atoms with van der Waals surface area (Å²) < 4.78 is 43.5. The van der Waals surface area contributed by atoms with Gasteiger partial charge in [0.25, 0.3) is 5.91 Å². The summed E-state index contributed by atoms with van der Waals surface area (Å²) in [7, 11) is -3.88. The third-order valence-corrected chi connectivity index (χ3v) is 5.84. The maximum absolute atomic E-state index is 12.5. The molecule has 0 aliphatic carbocycles. The number of amides is 2. The van der Waals surface area contributed by atoms with E-state index in [1.807, 2.05) is 6.07 Å². The van der Waals surface area contributed by atoms with Gasteiger partial charge >= 0.3 is 0 Å². The van der Waals surface area contributed by atoms with Crippen LogP contribution in [-0.4, -0.2) is 46.6 Å². The Morgan fingerprint density at radius 2 is 1.76 bits per heavy atom. The Labute approximate surface area is 190 Å². The number of nitrogens with one attached hydrogen (secondary N) is 3. The molecule has 174 valence electrons. The Morgan fingerprint density at radius 1 is 1.03 bits per heavy atom. The van der Waals surface area contributed by atoms with Crippen molar-refractivity contribution in [1.29, 1.82) is 5.26 Å². The third-order valence-electron chi connectivity index (χ3n) is 4.38. The summed E-state index contributed by atoms with van der Waals surface area (Å²) in [6.07, 6.45) is 0.474. The number of hydrogen-bond acceptors (Lipinski definition) is 8. The fourth-order valence-corrected chi connectivity index (χ4v) is 3.81. The highest BCUT2D eigenvalue weighted by Crippen LogP contribution is 2.31. The lowest BCUT2D eigenvalue weighted by molar-refractivity contribution is -0.129. The van der Waals surface area contributed by atoms with Crippen molar-refractivity contribution in [3.63, 3.8) is 0 Å². The van der Waals surface area contributed by atoms with Crippen LogP contribution in [0.4, 0.5) is 0 Å². The number of nitrogens with zero attached hydrogens (tertiary/aromatic N) is 1. The van der Waals surface area contributed by atoms with Crippen molar-refractivity contribution in [2.75, 3.05) is 26.4 Å². The highest BCUT2D eigenvalue weighted by atomic mass is 32.2. The van der Waals surface area contributed by atoms with Gasteiger partial charge in [0.2, 0.25) is 15.9 Å². The van der Waals surface area contributed by atoms with Crippen molar-refractivity contribution >= 4 is 21.8 Å². The van der Waals surface area contributed by atoms with E-state index in [0.717, 1.165) is 0 Å². The molecule has 0 radical (unpaired) electrons. The van der Waals surface area contributed by atoms with Crippen LogP contribution in [0.5, 0.6) is 17.2 Å². The number of fused-ring (bicyclic) bond motifs is 1. The molecule has 0 atom stereocenters. The molecule has 11 nitrogen and oxygen atoms in total. The summed E-state index contributed by atoms with van der Waals surface area (Å²) in [6.45, 7) is 0.300. The van der Waals surface area contributed by atoms with Crippen molar-refractivity contribution in [2.24, 2.45) is 0 Å². The number of hydrogen-bond donors (Lipinski definition) is 3. The van der Waals surface area contributed by atoms with E-state index < -0.39 is 28.4 Å². The number of carbonyl (C=O) groups is 2. The van der Waals surface area contributed by atoms with Crippen molar-refractivity contribution in [1.82, 2.24) is 15.6 Å². The zero-order valence-electron chi connectivity index (χ0n) is 17.5. The van der Waals surface area contributed by atoms with Crippen LogP contribution in [-0.2, 0) is 19.6 Å². The van der Waals surface area contributed by atoms with Crippen LogP contribution in [0.2, 0.25) is 0 Å². The fourth-order valence-electron chi connectivity index (χ4n) is 2.76. The van der Waals surface area contributed by atoms with E-state index in [0.29, 0.717) is 31.1 Å². The van der Waals surface area contributed by atoms with Crippen LogP contribution in [0, 0.1) is 11.3 Å². The molecule has 0 saturated heterocycles. The van der Waals surface area contributed by atoms with Gasteiger partial charge in [-0.05, 0) is 24.3 Å². The number of rotatable bonds is 8. The Balaban J connectivity index is 1.41. The Kier molecular flexibility index (Phi) is 8.06. The van der Waals surface area contributed by atoms with Gasteiger partial charge in [0.05, 0.1) is 23.7 Å². The van der Waals surface area contributed by atoms with Gasteiger partial charge in [0.15, 0.2) is 18.1 Å². The molecule has 2 aromatic carbocycles. The second kappa shape index (κ2) is 11.2. The van der Waals surface area contributed by atoms with Crippen molar-refractivity contribution < 1.29 is 32.2 Å². The highest BCUT2D eigenvalue weighted by molar-refractivity contribution is 7.89. The van der Waals surface area contributed by atoms with Gasteiger partial charge in [-0.1, -0.05) is 12.1 Å². The first-order valence-electron chi connectivity index (χ1n) is 9.98. The normalized spacial score (nSPS) is 12.7. The minimum atomic E-state index is -3.88. The molecular formula is C21H22N4O7S. The number of carbonyl (C=O) groups excluding carboxylic acids is 2. The molecule has 1 heterocycles. The maximum Gasteiger partial charge on any atom is 0.276 e. The molecule has 33 heavy (non-hydrogen) atoms. The summed E-state index contributed by atoms with van der Waals surface area (Å²) >= 11 is 0. The molecule has 3 N–H and O–H groups in total. The minimum absolute atomic E-state index is 0.0183. The minimum Gasteiger partial charge on any atom is -0.490 e. The molecule has 0 fully saturated rings. The van der Waals surface area contributed by atoms with E-state index >= 15 is 0 Å². The van der Waals surface area contributed by atoms with Crippen molar-refractivity contribution in [3.8, 4) is 23.3 Å². The Morgan fingerprint density at radius 3 is 2.55 bits per heavy atom. The second-order valence-corrected chi connectivity index (χ2v) is 8.57. The fraction of sp³-hybridized carbons (Fsp3) is 0.286. The van der Waals surface area contributed by atoms with E-state index in [1.54, 1.807) is 24.3 Å². The van der Waals surface area contributed by atoms with E-state index in [9.17, 15) is 18.0 Å². The lowest BCUT2D eigenvalue weighted by Gasteiger charge is -2.11. The van der Waals surface area contributed by atoms with Crippen molar-refractivity contribution in [3.05, 3.63) is 48.0 Å². The molecule has 12 heteroatoms. The van der Waals surface area contributed by atoms with Gasteiger partial charge in [-0.3, -0.25) is 20.4 Å². The van der Waals surface area contributed by atoms with Gasteiger partial charge in [-0.25, -0.2) is 13.1 Å². The highest BCUT2D eigenvalue weighted by Gasteiger charge is 2.19. The summed E-state index contributed by atoms with van der Waals surface area (Å²) in [5.74, 6) is -0.200. The summed E-state index contributed by atoms with van der Waals surface area (Å²) in [5, 5.41) is 8.99. The molecule has 0 bridgehead atoms. The molecule has 1 aliphatic heterocycles. The lowest BCUT2D eigenvalue weighted by Crippen LogP contribution is -2.44. The van der Waals surface area contributed by atoms with E-state index in [4.69, 9.17) is 19.5 Å². The van der Waals surface area contributed by atoms with Gasteiger partial charge < -0.3 is 14.2 Å². The molecule has 0 saturated carbocycles. The SMILES string of the molecule is N#Cc1ccccc1OCC(=O)NNC(=O)CCNS(=O)(=O)c1ccc2c(c1)OCCCO2. The molecule has 0 spiro atoms. The first-order chi connectivity index (χ1) is 15.9. The summed E-state index contributed by atoms with van der Waals surface area (Å²) in [6, 6.07) is 12.6. The molecule has 0 aromatic heterocycles.